The lowest BCUT2D eigenvalue weighted by molar-refractivity contribution is -0.0800. The molecule has 2 nitrogen and oxygen atoms in total. The fourth-order valence-electron chi connectivity index (χ4n) is 2.86. The summed E-state index contributed by atoms with van der Waals surface area (Å²) in [5, 5.41) is 8.33. The first-order chi connectivity index (χ1) is 11.7. The van der Waals surface area contributed by atoms with Gasteiger partial charge in [-0.2, -0.15) is 0 Å². The number of aliphatic hydroxyl groups is 1. The molecule has 0 bridgehead atoms. The summed E-state index contributed by atoms with van der Waals surface area (Å²) in [5.74, 6) is 0. The molecular weight excluding hydrogens is 296 g/mol. The summed E-state index contributed by atoms with van der Waals surface area (Å²) in [6.07, 6.45) is 22.8. The molecule has 0 spiro atoms. The van der Waals surface area contributed by atoms with Crippen molar-refractivity contribution in [1.29, 1.82) is 0 Å². The summed E-state index contributed by atoms with van der Waals surface area (Å²) in [6.45, 7) is 8.60. The number of rotatable bonds is 17. The third kappa shape index (κ3) is 29.9. The molecule has 148 valence electrons. The summed E-state index contributed by atoms with van der Waals surface area (Å²) >= 11 is 0. The van der Waals surface area contributed by atoms with Crippen molar-refractivity contribution in [3.05, 3.63) is 0 Å². The Morgan fingerprint density at radius 3 is 0.917 bits per heavy atom. The van der Waals surface area contributed by atoms with E-state index in [0.717, 1.165) is 0 Å². The van der Waals surface area contributed by atoms with Crippen molar-refractivity contribution in [2.24, 2.45) is 0 Å². The second kappa shape index (κ2) is 25.2. The molecule has 0 fully saturated rings. The zero-order valence-corrected chi connectivity index (χ0v) is 17.5. The molecule has 1 unspecified atom stereocenters. The molecule has 0 aromatic rings. The molecule has 0 aliphatic heterocycles. The van der Waals surface area contributed by atoms with Crippen LogP contribution in [0.3, 0.4) is 0 Å². The minimum absolute atomic E-state index is 0.581. The van der Waals surface area contributed by atoms with E-state index < -0.39 is 6.29 Å². The molecule has 24 heavy (non-hydrogen) atoms. The van der Waals surface area contributed by atoms with Gasteiger partial charge in [-0.25, -0.2) is 0 Å². The van der Waals surface area contributed by atoms with Crippen LogP contribution in [0.4, 0.5) is 0 Å². The van der Waals surface area contributed by atoms with Crippen LogP contribution in [0, 0.1) is 0 Å². The zero-order valence-electron chi connectivity index (χ0n) is 17.5. The van der Waals surface area contributed by atoms with E-state index in [4.69, 9.17) is 5.11 Å². The van der Waals surface area contributed by atoms with Crippen LogP contribution in [-0.2, 0) is 4.74 Å². The molecule has 0 aliphatic carbocycles. The number of aliphatic hydroxyl groups excluding tert-OH is 1. The lowest BCUT2D eigenvalue weighted by atomic mass is 10.0. The van der Waals surface area contributed by atoms with Gasteiger partial charge < -0.3 is 9.84 Å². The van der Waals surface area contributed by atoms with Gasteiger partial charge in [0.05, 0.1) is 0 Å². The van der Waals surface area contributed by atoms with Gasteiger partial charge in [-0.15, -0.1) is 0 Å². The molecule has 0 heterocycles. The zero-order chi connectivity index (χ0) is 18.3. The lowest BCUT2D eigenvalue weighted by Gasteiger charge is -2.03. The van der Waals surface area contributed by atoms with Gasteiger partial charge in [0.1, 0.15) is 0 Å². The van der Waals surface area contributed by atoms with Crippen molar-refractivity contribution in [1.82, 2.24) is 0 Å². The lowest BCUT2D eigenvalue weighted by Crippen LogP contribution is -2.04. The van der Waals surface area contributed by atoms with Crippen LogP contribution in [0.15, 0.2) is 0 Å². The van der Waals surface area contributed by atoms with Gasteiger partial charge in [0.15, 0.2) is 6.29 Å². The topological polar surface area (TPSA) is 29.5 Å². The maximum atomic E-state index is 8.33. The molecule has 2 heteroatoms. The predicted octanol–water partition coefficient (Wildman–Crippen LogP) is 7.63. The van der Waals surface area contributed by atoms with Crippen molar-refractivity contribution in [3.63, 3.8) is 0 Å². The quantitative estimate of drug-likeness (QED) is 0.217. The number of unbranched alkanes of at least 4 members (excludes halogenated alkanes) is 15. The fraction of sp³-hybridized carbons (Fsp3) is 1.00. The van der Waals surface area contributed by atoms with E-state index in [0.29, 0.717) is 6.61 Å². The Hall–Kier alpha value is -0.0800. The third-order valence-corrected chi connectivity index (χ3v) is 4.36. The number of ether oxygens (including phenoxy) is 1. The van der Waals surface area contributed by atoms with Crippen LogP contribution < -0.4 is 0 Å². The number of hydrogen-bond donors (Lipinski definition) is 1. The van der Waals surface area contributed by atoms with Crippen LogP contribution in [0.25, 0.3) is 0 Å². The van der Waals surface area contributed by atoms with Crippen molar-refractivity contribution in [2.45, 2.75) is 137 Å². The smallest absolute Gasteiger partial charge is 0.151 e. The molecule has 0 radical (unpaired) electrons. The summed E-state index contributed by atoms with van der Waals surface area (Å²) in [6, 6.07) is 0. The Morgan fingerprint density at radius 2 is 0.792 bits per heavy atom. The highest BCUT2D eigenvalue weighted by atomic mass is 16.6. The Morgan fingerprint density at radius 1 is 0.542 bits per heavy atom. The minimum atomic E-state index is -0.602. The monoisotopic (exact) mass is 344 g/mol. The van der Waals surface area contributed by atoms with Gasteiger partial charge in [0, 0.05) is 6.61 Å². The highest BCUT2D eigenvalue weighted by Crippen LogP contribution is 2.13. The van der Waals surface area contributed by atoms with E-state index in [1.54, 1.807) is 6.92 Å². The largest absolute Gasteiger partial charge is 0.368 e. The van der Waals surface area contributed by atoms with Crippen molar-refractivity contribution < 1.29 is 9.84 Å². The molecule has 0 saturated heterocycles. The Balaban J connectivity index is 0. The average Bonchev–Trinajstić information content (AvgIpc) is 2.56. The van der Waals surface area contributed by atoms with Gasteiger partial charge in [0.25, 0.3) is 0 Å². The molecule has 0 aliphatic rings. The Bertz CT molecular complexity index is 176. The predicted molar refractivity (Wildman–Crippen MR) is 109 cm³/mol. The third-order valence-electron chi connectivity index (χ3n) is 4.36. The minimum Gasteiger partial charge on any atom is -0.368 e. The van der Waals surface area contributed by atoms with Gasteiger partial charge in [-0.05, 0) is 13.8 Å². The van der Waals surface area contributed by atoms with E-state index in [-0.39, 0.29) is 0 Å². The van der Waals surface area contributed by atoms with E-state index in [2.05, 4.69) is 18.6 Å². The van der Waals surface area contributed by atoms with Crippen LogP contribution >= 0.6 is 0 Å². The highest BCUT2D eigenvalue weighted by Gasteiger charge is 1.93. The van der Waals surface area contributed by atoms with Gasteiger partial charge in [0.2, 0.25) is 0 Å². The van der Waals surface area contributed by atoms with Crippen molar-refractivity contribution in [3.8, 4) is 0 Å². The van der Waals surface area contributed by atoms with Gasteiger partial charge in [-0.3, -0.25) is 0 Å². The van der Waals surface area contributed by atoms with Crippen LogP contribution in [-0.4, -0.2) is 18.0 Å². The Labute approximate surface area is 153 Å². The van der Waals surface area contributed by atoms with E-state index in [9.17, 15) is 0 Å². The second-order valence-electron chi connectivity index (χ2n) is 7.00. The molecule has 0 aromatic heterocycles. The van der Waals surface area contributed by atoms with E-state index >= 15 is 0 Å². The molecule has 0 rings (SSSR count). The Kier molecular flexibility index (Phi) is 27.4. The highest BCUT2D eigenvalue weighted by molar-refractivity contribution is 4.49. The molecule has 0 amide bonds. The molecule has 1 N–H and O–H groups in total. The van der Waals surface area contributed by atoms with Gasteiger partial charge >= 0.3 is 0 Å². The first-order valence-corrected chi connectivity index (χ1v) is 11.0. The summed E-state index contributed by atoms with van der Waals surface area (Å²) in [4.78, 5) is 0. The first kappa shape index (κ1) is 26.2. The standard InChI is InChI=1S/C18H38.C4H10O2/c1-3-5-7-9-11-13-15-17-18-16-14-12-10-8-6-4-2;1-3-6-4(2)5/h3-18H2,1-2H3;4-5H,3H2,1-2H3. The fourth-order valence-corrected chi connectivity index (χ4v) is 2.86. The van der Waals surface area contributed by atoms with Crippen molar-refractivity contribution >= 4 is 0 Å². The molecule has 0 saturated carbocycles. The molecule has 1 atom stereocenters. The second-order valence-corrected chi connectivity index (χ2v) is 7.00. The van der Waals surface area contributed by atoms with Crippen LogP contribution in [0.5, 0.6) is 0 Å². The maximum Gasteiger partial charge on any atom is 0.151 e. The summed E-state index contributed by atoms with van der Waals surface area (Å²) < 4.78 is 4.60. The van der Waals surface area contributed by atoms with Gasteiger partial charge in [-0.1, -0.05) is 117 Å². The van der Waals surface area contributed by atoms with Crippen LogP contribution in [0.1, 0.15) is 130 Å². The number of hydrogen-bond acceptors (Lipinski definition) is 2. The normalized spacial score (nSPS) is 11.9. The summed E-state index contributed by atoms with van der Waals surface area (Å²) in [7, 11) is 0. The average molecular weight is 345 g/mol. The van der Waals surface area contributed by atoms with E-state index in [1.807, 2.05) is 6.92 Å². The van der Waals surface area contributed by atoms with Crippen molar-refractivity contribution in [2.75, 3.05) is 6.61 Å². The summed E-state index contributed by atoms with van der Waals surface area (Å²) in [5.41, 5.74) is 0. The molecular formula is C22H48O2. The van der Waals surface area contributed by atoms with E-state index in [1.165, 1.54) is 103 Å². The van der Waals surface area contributed by atoms with Crippen LogP contribution in [0.2, 0.25) is 0 Å². The molecule has 0 aromatic carbocycles. The first-order valence-electron chi connectivity index (χ1n) is 11.0. The maximum absolute atomic E-state index is 8.33. The SMILES string of the molecule is CCCCCCCCCCCCCCCCCC.CCOC(C)O.